The first kappa shape index (κ1) is 17.3. The second kappa shape index (κ2) is 8.57. The number of aromatic nitrogens is 1. The molecule has 2 aromatic rings. The summed E-state index contributed by atoms with van der Waals surface area (Å²) in [4.78, 5) is 28.3. The number of nitrogens with one attached hydrogen (secondary N) is 2. The monoisotopic (exact) mass is 335 g/mol. The maximum absolute atomic E-state index is 12.1. The molecule has 0 bridgehead atoms. The summed E-state index contributed by atoms with van der Waals surface area (Å²) in [5.74, 6) is -0.221. The molecule has 0 fully saturated rings. The van der Waals surface area contributed by atoms with Gasteiger partial charge in [0.2, 0.25) is 11.8 Å². The van der Waals surface area contributed by atoms with Crippen LogP contribution in [0.25, 0.3) is 11.1 Å². The molecule has 0 spiro atoms. The first-order valence-electron chi connectivity index (χ1n) is 7.66. The van der Waals surface area contributed by atoms with Gasteiger partial charge in [-0.15, -0.1) is 0 Å². The standard InChI is InChI=1S/C16H21N3O3S/c1-3-17-14(20)9-11(15(21)18-4-2)10-23-16-19-12-7-5-6-8-13(12)22-16/h5-8,11H,3-4,9-10H2,1-2H3,(H,17,20)(H,18,21). The van der Waals surface area contributed by atoms with Gasteiger partial charge < -0.3 is 15.1 Å². The van der Waals surface area contributed by atoms with E-state index in [9.17, 15) is 9.59 Å². The number of carbonyl (C=O) groups excluding carboxylic acids is 2. The van der Waals surface area contributed by atoms with Crippen LogP contribution >= 0.6 is 11.8 Å². The Hall–Kier alpha value is -2.02. The van der Waals surface area contributed by atoms with Gasteiger partial charge in [-0.3, -0.25) is 9.59 Å². The van der Waals surface area contributed by atoms with Crippen molar-refractivity contribution < 1.29 is 14.0 Å². The predicted molar refractivity (Wildman–Crippen MR) is 90.2 cm³/mol. The summed E-state index contributed by atoms with van der Waals surface area (Å²) in [5.41, 5.74) is 1.50. The van der Waals surface area contributed by atoms with Gasteiger partial charge in [-0.25, -0.2) is 4.98 Å². The van der Waals surface area contributed by atoms with Gasteiger partial charge in [0.05, 0.1) is 5.92 Å². The number of rotatable bonds is 8. The maximum atomic E-state index is 12.1. The molecule has 1 unspecified atom stereocenters. The second-order valence-corrected chi connectivity index (χ2v) is 5.98. The fourth-order valence-corrected chi connectivity index (χ4v) is 3.05. The van der Waals surface area contributed by atoms with Crippen LogP contribution in [0.4, 0.5) is 0 Å². The summed E-state index contributed by atoms with van der Waals surface area (Å²) in [6.45, 7) is 4.80. The highest BCUT2D eigenvalue weighted by Crippen LogP contribution is 2.25. The zero-order valence-corrected chi connectivity index (χ0v) is 14.1. The van der Waals surface area contributed by atoms with Crippen LogP contribution in [0, 0.1) is 5.92 Å². The Kier molecular flexibility index (Phi) is 6.46. The van der Waals surface area contributed by atoms with Gasteiger partial charge in [0, 0.05) is 25.3 Å². The molecule has 6 nitrogen and oxygen atoms in total. The summed E-state index contributed by atoms with van der Waals surface area (Å²) in [5, 5.41) is 6.01. The van der Waals surface area contributed by atoms with Crippen LogP contribution < -0.4 is 10.6 Å². The normalized spacial score (nSPS) is 12.1. The summed E-state index contributed by atoms with van der Waals surface area (Å²) in [7, 11) is 0. The van der Waals surface area contributed by atoms with Gasteiger partial charge in [-0.05, 0) is 26.0 Å². The van der Waals surface area contributed by atoms with Crippen molar-refractivity contribution in [3.8, 4) is 0 Å². The van der Waals surface area contributed by atoms with Crippen LogP contribution in [0.5, 0.6) is 0 Å². The second-order valence-electron chi connectivity index (χ2n) is 5.01. The highest BCUT2D eigenvalue weighted by Gasteiger charge is 2.22. The van der Waals surface area contributed by atoms with Crippen LogP contribution in [-0.2, 0) is 9.59 Å². The average Bonchev–Trinajstić information content (AvgIpc) is 2.94. The number of thioether (sulfide) groups is 1. The Balaban J connectivity index is 2.01. The zero-order chi connectivity index (χ0) is 16.7. The third-order valence-corrected chi connectivity index (χ3v) is 4.20. The van der Waals surface area contributed by atoms with E-state index in [4.69, 9.17) is 4.42 Å². The third kappa shape index (κ3) is 4.99. The number of fused-ring (bicyclic) bond motifs is 1. The Labute approximate surface area is 139 Å². The molecule has 0 radical (unpaired) electrons. The summed E-state index contributed by atoms with van der Waals surface area (Å²) < 4.78 is 5.63. The molecule has 0 aliphatic heterocycles. The molecule has 23 heavy (non-hydrogen) atoms. The largest absolute Gasteiger partial charge is 0.431 e. The van der Waals surface area contributed by atoms with Crippen molar-refractivity contribution >= 4 is 34.7 Å². The highest BCUT2D eigenvalue weighted by molar-refractivity contribution is 7.99. The van der Waals surface area contributed by atoms with Crippen molar-refractivity contribution in [1.29, 1.82) is 0 Å². The maximum Gasteiger partial charge on any atom is 0.256 e. The summed E-state index contributed by atoms with van der Waals surface area (Å²) in [6, 6.07) is 7.50. The molecule has 0 aliphatic rings. The lowest BCUT2D eigenvalue weighted by Gasteiger charge is -2.14. The Morgan fingerprint density at radius 3 is 2.65 bits per heavy atom. The minimum Gasteiger partial charge on any atom is -0.431 e. The highest BCUT2D eigenvalue weighted by atomic mass is 32.2. The number of para-hydroxylation sites is 2. The van der Waals surface area contributed by atoms with Crippen LogP contribution in [0.2, 0.25) is 0 Å². The minimum absolute atomic E-state index is 0.123. The van der Waals surface area contributed by atoms with Crippen molar-refractivity contribution in [3.05, 3.63) is 24.3 Å². The van der Waals surface area contributed by atoms with Gasteiger partial charge >= 0.3 is 0 Å². The number of oxazole rings is 1. The van der Waals surface area contributed by atoms with E-state index in [0.29, 0.717) is 29.6 Å². The topological polar surface area (TPSA) is 84.2 Å². The van der Waals surface area contributed by atoms with Crippen LogP contribution in [0.3, 0.4) is 0 Å². The van der Waals surface area contributed by atoms with E-state index in [2.05, 4.69) is 15.6 Å². The van der Waals surface area contributed by atoms with E-state index in [-0.39, 0.29) is 18.2 Å². The van der Waals surface area contributed by atoms with E-state index in [0.717, 1.165) is 5.52 Å². The fraction of sp³-hybridized carbons (Fsp3) is 0.438. The van der Waals surface area contributed by atoms with E-state index in [1.54, 1.807) is 0 Å². The van der Waals surface area contributed by atoms with E-state index in [1.807, 2.05) is 38.1 Å². The first-order valence-corrected chi connectivity index (χ1v) is 8.65. The average molecular weight is 335 g/mol. The van der Waals surface area contributed by atoms with Crippen molar-refractivity contribution in [2.24, 2.45) is 5.92 Å². The number of amides is 2. The van der Waals surface area contributed by atoms with Crippen LogP contribution in [0.1, 0.15) is 20.3 Å². The lowest BCUT2D eigenvalue weighted by Crippen LogP contribution is -2.36. The molecular weight excluding hydrogens is 314 g/mol. The molecule has 1 aromatic heterocycles. The molecule has 0 saturated heterocycles. The lowest BCUT2D eigenvalue weighted by atomic mass is 10.1. The third-order valence-electron chi connectivity index (χ3n) is 3.21. The SMILES string of the molecule is CCNC(=O)CC(CSc1nc2ccccc2o1)C(=O)NCC. The molecule has 2 N–H and O–H groups in total. The molecular formula is C16H21N3O3S. The summed E-state index contributed by atoms with van der Waals surface area (Å²) >= 11 is 1.35. The van der Waals surface area contributed by atoms with Gasteiger partial charge in [0.25, 0.3) is 5.22 Å². The predicted octanol–water partition coefficient (Wildman–Crippen LogP) is 2.20. The van der Waals surface area contributed by atoms with Crippen LogP contribution in [-0.4, -0.2) is 35.6 Å². The summed E-state index contributed by atoms with van der Waals surface area (Å²) in [6.07, 6.45) is 0.160. The first-order chi connectivity index (χ1) is 11.1. The minimum atomic E-state index is -0.415. The van der Waals surface area contributed by atoms with Crippen LogP contribution in [0.15, 0.2) is 33.9 Å². The van der Waals surface area contributed by atoms with E-state index in [1.165, 1.54) is 11.8 Å². The fourth-order valence-electron chi connectivity index (χ4n) is 2.12. The Morgan fingerprint density at radius 2 is 1.96 bits per heavy atom. The zero-order valence-electron chi connectivity index (χ0n) is 13.3. The van der Waals surface area contributed by atoms with Crippen molar-refractivity contribution in [2.45, 2.75) is 25.5 Å². The van der Waals surface area contributed by atoms with Gasteiger partial charge in [0.1, 0.15) is 5.52 Å². The quantitative estimate of drug-likeness (QED) is 0.723. The number of hydrogen-bond donors (Lipinski definition) is 2. The van der Waals surface area contributed by atoms with Crippen molar-refractivity contribution in [2.75, 3.05) is 18.8 Å². The number of hydrogen-bond acceptors (Lipinski definition) is 5. The number of carbonyl (C=O) groups is 2. The van der Waals surface area contributed by atoms with E-state index < -0.39 is 5.92 Å². The molecule has 2 rings (SSSR count). The molecule has 0 saturated carbocycles. The van der Waals surface area contributed by atoms with Crippen molar-refractivity contribution in [1.82, 2.24) is 15.6 Å². The molecule has 2 amide bonds. The molecule has 7 heteroatoms. The van der Waals surface area contributed by atoms with Gasteiger partial charge in [-0.2, -0.15) is 0 Å². The molecule has 1 heterocycles. The molecule has 1 atom stereocenters. The van der Waals surface area contributed by atoms with E-state index >= 15 is 0 Å². The Bertz CT molecular complexity index is 638. The number of nitrogens with zero attached hydrogens (tertiary/aromatic N) is 1. The smallest absolute Gasteiger partial charge is 0.256 e. The molecule has 1 aromatic carbocycles. The Morgan fingerprint density at radius 1 is 1.22 bits per heavy atom. The van der Waals surface area contributed by atoms with Crippen molar-refractivity contribution in [3.63, 3.8) is 0 Å². The van der Waals surface area contributed by atoms with Gasteiger partial charge in [-0.1, -0.05) is 23.9 Å². The molecule has 0 aliphatic carbocycles. The molecule has 124 valence electrons. The number of benzene rings is 1. The van der Waals surface area contributed by atoms with Gasteiger partial charge in [0.15, 0.2) is 5.58 Å². The lowest BCUT2D eigenvalue weighted by molar-refractivity contribution is -0.129.